The first-order valence-electron chi connectivity index (χ1n) is 12.7. The molecule has 11 heteroatoms. The number of carboxylic acids is 2. The second-order valence-corrected chi connectivity index (χ2v) is 9.08. The van der Waals surface area contributed by atoms with Crippen molar-refractivity contribution in [3.63, 3.8) is 0 Å². The molecule has 0 unspecified atom stereocenters. The lowest BCUT2D eigenvalue weighted by Gasteiger charge is -2.31. The Morgan fingerprint density at radius 2 is 1.06 bits per heavy atom. The van der Waals surface area contributed by atoms with Crippen LogP contribution in [0.4, 0.5) is 0 Å². The van der Waals surface area contributed by atoms with Crippen LogP contribution >= 0.6 is 0 Å². The Kier molecular flexibility index (Phi) is 21.5. The van der Waals surface area contributed by atoms with Gasteiger partial charge in [0.2, 0.25) is 12.2 Å². The highest BCUT2D eigenvalue weighted by Crippen LogP contribution is 2.36. The molecule has 2 aliphatic carbocycles. The van der Waals surface area contributed by atoms with Crippen LogP contribution in [0.5, 0.6) is 0 Å². The molecular weight excluding hydrogens is 472 g/mol. The summed E-state index contributed by atoms with van der Waals surface area (Å²) in [5.74, 6) is -0.140. The van der Waals surface area contributed by atoms with Crippen LogP contribution in [-0.4, -0.2) is 83.0 Å². The Bertz CT molecular complexity index is 619. The number of aliphatic hydroxyl groups is 2. The molecule has 0 spiro atoms. The number of aliphatic imine (C=N–C) groups is 2. The standard InChI is InChI=1S/C15H22N2O2.C6H10O4.C4H10O3/c18-10-16-14-5-1-12(2-6-14)9-13-3-7-15(8-4-13)17-11-19;7-5(8)3-1-2-4-6(9)10;5-1-3-7-4-2-6/h12-15H,1-9H2;1-4H2,(H,7,8)(H,9,10);5-6H,1-4H2. The van der Waals surface area contributed by atoms with Crippen LogP contribution in [0.15, 0.2) is 9.98 Å². The van der Waals surface area contributed by atoms with Gasteiger partial charge in [-0.2, -0.15) is 0 Å². The van der Waals surface area contributed by atoms with Gasteiger partial charge in [0.15, 0.2) is 0 Å². The fourth-order valence-corrected chi connectivity index (χ4v) is 4.42. The Morgan fingerprint density at radius 1 is 0.694 bits per heavy atom. The first kappa shape index (κ1) is 33.6. The fourth-order valence-electron chi connectivity index (χ4n) is 4.42. The van der Waals surface area contributed by atoms with Gasteiger partial charge < -0.3 is 25.2 Å². The van der Waals surface area contributed by atoms with Crippen molar-refractivity contribution in [2.24, 2.45) is 21.8 Å². The van der Waals surface area contributed by atoms with Crippen molar-refractivity contribution in [1.29, 1.82) is 0 Å². The summed E-state index contributed by atoms with van der Waals surface area (Å²) in [6.07, 6.45) is 14.7. The van der Waals surface area contributed by atoms with Gasteiger partial charge in [0.25, 0.3) is 0 Å². The van der Waals surface area contributed by atoms with E-state index in [1.807, 2.05) is 0 Å². The summed E-state index contributed by atoms with van der Waals surface area (Å²) in [5, 5.41) is 32.4. The van der Waals surface area contributed by atoms with Crippen molar-refractivity contribution in [2.75, 3.05) is 26.4 Å². The van der Waals surface area contributed by atoms with Crippen LogP contribution in [0.1, 0.15) is 83.5 Å². The molecule has 2 aliphatic rings. The lowest BCUT2D eigenvalue weighted by atomic mass is 9.76. The number of carbonyl (C=O) groups excluding carboxylic acids is 2. The van der Waals surface area contributed by atoms with Gasteiger partial charge in [-0.25, -0.2) is 19.6 Å². The molecule has 0 aromatic rings. The van der Waals surface area contributed by atoms with E-state index < -0.39 is 11.9 Å². The van der Waals surface area contributed by atoms with Crippen molar-refractivity contribution < 1.29 is 44.3 Å². The van der Waals surface area contributed by atoms with Crippen molar-refractivity contribution in [3.05, 3.63) is 0 Å². The first-order chi connectivity index (χ1) is 17.4. The first-order valence-corrected chi connectivity index (χ1v) is 12.7. The number of isocyanates is 2. The smallest absolute Gasteiger partial charge is 0.303 e. The molecule has 0 aromatic heterocycles. The molecule has 11 nitrogen and oxygen atoms in total. The zero-order valence-corrected chi connectivity index (χ0v) is 21.1. The van der Waals surface area contributed by atoms with Gasteiger partial charge in [-0.05, 0) is 82.5 Å². The van der Waals surface area contributed by atoms with Gasteiger partial charge in [0.1, 0.15) is 0 Å². The number of carbonyl (C=O) groups is 2. The second kappa shape index (κ2) is 23.0. The highest BCUT2D eigenvalue weighted by Gasteiger charge is 2.26. The molecule has 36 heavy (non-hydrogen) atoms. The molecule has 2 rings (SSSR count). The van der Waals surface area contributed by atoms with Crippen LogP contribution in [0.3, 0.4) is 0 Å². The lowest BCUT2D eigenvalue weighted by Crippen LogP contribution is -2.23. The summed E-state index contributed by atoms with van der Waals surface area (Å²) in [4.78, 5) is 47.9. The molecule has 0 radical (unpaired) electrons. The molecule has 0 saturated heterocycles. The molecule has 2 fully saturated rings. The average Bonchev–Trinajstić information content (AvgIpc) is 2.86. The van der Waals surface area contributed by atoms with Gasteiger partial charge in [0.05, 0.1) is 38.5 Å². The van der Waals surface area contributed by atoms with Crippen molar-refractivity contribution in [1.82, 2.24) is 0 Å². The van der Waals surface area contributed by atoms with Gasteiger partial charge in [-0.3, -0.25) is 9.59 Å². The number of unbranched alkanes of at least 4 members (excludes halogenated alkanes) is 1. The van der Waals surface area contributed by atoms with E-state index >= 15 is 0 Å². The fraction of sp³-hybridized carbons (Fsp3) is 0.840. The molecular formula is C25H42N2O9. The zero-order chi connectivity index (χ0) is 27.0. The van der Waals surface area contributed by atoms with Crippen LogP contribution in [0, 0.1) is 11.8 Å². The third kappa shape index (κ3) is 19.8. The van der Waals surface area contributed by atoms with E-state index in [1.165, 1.54) is 32.1 Å². The summed E-state index contributed by atoms with van der Waals surface area (Å²) >= 11 is 0. The normalized spacial score (nSPS) is 22.8. The number of carboxylic acid groups (broad SMARTS) is 2. The monoisotopic (exact) mass is 514 g/mol. The number of aliphatic hydroxyl groups excluding tert-OH is 2. The Balaban J connectivity index is 0.000000605. The Labute approximate surface area is 212 Å². The zero-order valence-electron chi connectivity index (χ0n) is 21.1. The molecule has 0 amide bonds. The maximum absolute atomic E-state index is 10.2. The number of rotatable bonds is 13. The van der Waals surface area contributed by atoms with E-state index in [0.29, 0.717) is 26.1 Å². The van der Waals surface area contributed by atoms with E-state index in [2.05, 4.69) is 14.7 Å². The number of aliphatic carboxylic acids is 2. The molecule has 0 bridgehead atoms. The number of hydrogen-bond acceptors (Lipinski definition) is 9. The number of nitrogens with zero attached hydrogens (tertiary/aromatic N) is 2. The largest absolute Gasteiger partial charge is 0.481 e. The SMILES string of the molecule is O=C(O)CCCCC(=O)O.O=C=NC1CCC(CC2CCC(N=C=O)CC2)CC1.OCCOCCO. The summed E-state index contributed by atoms with van der Waals surface area (Å²) in [7, 11) is 0. The topological polar surface area (TPSA) is 183 Å². The molecule has 4 N–H and O–H groups in total. The van der Waals surface area contributed by atoms with Crippen LogP contribution in [-0.2, 0) is 23.9 Å². The molecule has 206 valence electrons. The minimum atomic E-state index is -0.870. The predicted molar refractivity (Wildman–Crippen MR) is 131 cm³/mol. The molecule has 0 atom stereocenters. The van der Waals surface area contributed by atoms with E-state index in [-0.39, 0.29) is 38.1 Å². The third-order valence-corrected chi connectivity index (χ3v) is 6.27. The van der Waals surface area contributed by atoms with Gasteiger partial charge in [-0.1, -0.05) is 0 Å². The summed E-state index contributed by atoms with van der Waals surface area (Å²) < 4.78 is 4.63. The number of ether oxygens (including phenoxy) is 1. The highest BCUT2D eigenvalue weighted by molar-refractivity contribution is 5.67. The minimum Gasteiger partial charge on any atom is -0.481 e. The predicted octanol–water partition coefficient (Wildman–Crippen LogP) is 2.87. The molecule has 2 saturated carbocycles. The summed E-state index contributed by atoms with van der Waals surface area (Å²) in [6.45, 7) is 0.696. The van der Waals surface area contributed by atoms with Gasteiger partial charge in [-0.15, -0.1) is 0 Å². The quantitative estimate of drug-likeness (QED) is 0.163. The summed E-state index contributed by atoms with van der Waals surface area (Å²) in [6, 6.07) is 0.456. The number of hydrogen-bond donors (Lipinski definition) is 4. The van der Waals surface area contributed by atoms with Crippen molar-refractivity contribution >= 4 is 24.1 Å². The molecule has 0 heterocycles. The average molecular weight is 515 g/mol. The highest BCUT2D eigenvalue weighted by atomic mass is 16.5. The van der Waals surface area contributed by atoms with E-state index in [9.17, 15) is 19.2 Å². The summed E-state index contributed by atoms with van der Waals surface area (Å²) in [5.41, 5.74) is 0. The van der Waals surface area contributed by atoms with Crippen LogP contribution in [0.25, 0.3) is 0 Å². The molecule has 0 aromatic carbocycles. The molecule has 0 aliphatic heterocycles. The van der Waals surface area contributed by atoms with Crippen LogP contribution < -0.4 is 0 Å². The maximum atomic E-state index is 10.2. The minimum absolute atomic E-state index is 0.0278. The third-order valence-electron chi connectivity index (χ3n) is 6.27. The van der Waals surface area contributed by atoms with E-state index in [0.717, 1.165) is 37.5 Å². The van der Waals surface area contributed by atoms with E-state index in [1.54, 1.807) is 12.2 Å². The van der Waals surface area contributed by atoms with Crippen molar-refractivity contribution in [3.8, 4) is 0 Å². The Morgan fingerprint density at radius 3 is 1.33 bits per heavy atom. The second-order valence-electron chi connectivity index (χ2n) is 9.08. The van der Waals surface area contributed by atoms with Crippen molar-refractivity contribution in [2.45, 2.75) is 95.6 Å². The van der Waals surface area contributed by atoms with E-state index in [4.69, 9.17) is 20.4 Å². The Hall–Kier alpha value is -2.42. The van der Waals surface area contributed by atoms with Crippen LogP contribution in [0.2, 0.25) is 0 Å². The maximum Gasteiger partial charge on any atom is 0.303 e. The van der Waals surface area contributed by atoms with Gasteiger partial charge in [0, 0.05) is 12.8 Å². The van der Waals surface area contributed by atoms with Gasteiger partial charge >= 0.3 is 11.9 Å². The lowest BCUT2D eigenvalue weighted by molar-refractivity contribution is -0.139.